The number of hydrogen-bond acceptors (Lipinski definition) is 2. The van der Waals surface area contributed by atoms with Gasteiger partial charge in [-0.2, -0.15) is 0 Å². The molecule has 2 rings (SSSR count). The number of halogens is 2. The number of nitrogens with zero attached hydrogens (tertiary/aromatic N) is 1. The Kier molecular flexibility index (Phi) is 4.32. The summed E-state index contributed by atoms with van der Waals surface area (Å²) < 4.78 is 0. The molecule has 0 aliphatic carbocycles. The van der Waals surface area contributed by atoms with E-state index in [1.807, 2.05) is 13.0 Å². The van der Waals surface area contributed by atoms with Crippen LogP contribution in [0.15, 0.2) is 18.2 Å². The van der Waals surface area contributed by atoms with Gasteiger partial charge in [-0.3, -0.25) is 9.59 Å². The van der Waals surface area contributed by atoms with E-state index in [1.54, 1.807) is 17.0 Å². The summed E-state index contributed by atoms with van der Waals surface area (Å²) in [5.41, 5.74) is 0.893. The maximum absolute atomic E-state index is 12.0. The van der Waals surface area contributed by atoms with Crippen molar-refractivity contribution < 1.29 is 9.59 Å². The summed E-state index contributed by atoms with van der Waals surface area (Å²) in [5, 5.41) is 3.53. The molecule has 0 aromatic heterocycles. The van der Waals surface area contributed by atoms with Crippen molar-refractivity contribution in [3.8, 4) is 0 Å². The van der Waals surface area contributed by atoms with Crippen molar-refractivity contribution in [1.82, 2.24) is 10.2 Å². The minimum Gasteiger partial charge on any atom is -0.347 e. The van der Waals surface area contributed by atoms with Crippen LogP contribution in [0, 0.1) is 0 Å². The zero-order chi connectivity index (χ0) is 14.0. The number of benzene rings is 1. The molecule has 1 fully saturated rings. The van der Waals surface area contributed by atoms with E-state index in [2.05, 4.69) is 5.32 Å². The molecule has 0 bridgehead atoms. The molecule has 1 atom stereocenters. The lowest BCUT2D eigenvalue weighted by atomic mass is 10.1. The quantitative estimate of drug-likeness (QED) is 0.910. The van der Waals surface area contributed by atoms with E-state index in [0.717, 1.165) is 5.56 Å². The van der Waals surface area contributed by atoms with Crippen LogP contribution < -0.4 is 5.32 Å². The SMILES string of the molecule is CC1CC(=O)NCC(=O)N1Cc1ccc(Cl)c(Cl)c1. The van der Waals surface area contributed by atoms with E-state index in [0.29, 0.717) is 23.0 Å². The van der Waals surface area contributed by atoms with E-state index in [-0.39, 0.29) is 24.4 Å². The molecule has 0 spiro atoms. The van der Waals surface area contributed by atoms with Crippen molar-refractivity contribution in [3.63, 3.8) is 0 Å². The van der Waals surface area contributed by atoms with Crippen molar-refractivity contribution in [2.24, 2.45) is 0 Å². The number of carbonyl (C=O) groups is 2. The van der Waals surface area contributed by atoms with E-state index < -0.39 is 0 Å². The lowest BCUT2D eigenvalue weighted by Crippen LogP contribution is -2.39. The van der Waals surface area contributed by atoms with Crippen LogP contribution in [-0.4, -0.2) is 29.3 Å². The lowest BCUT2D eigenvalue weighted by molar-refractivity contribution is -0.132. The Labute approximate surface area is 121 Å². The third-order valence-electron chi connectivity index (χ3n) is 3.11. The zero-order valence-electron chi connectivity index (χ0n) is 10.5. The fourth-order valence-electron chi connectivity index (χ4n) is 2.05. The molecule has 1 aliphatic heterocycles. The Morgan fingerprint density at radius 3 is 2.74 bits per heavy atom. The molecular weight excluding hydrogens is 287 g/mol. The molecule has 6 heteroatoms. The van der Waals surface area contributed by atoms with Gasteiger partial charge in [-0.05, 0) is 24.6 Å². The summed E-state index contributed by atoms with van der Waals surface area (Å²) in [6, 6.07) is 5.14. The highest BCUT2D eigenvalue weighted by Crippen LogP contribution is 2.24. The number of amides is 2. The minimum absolute atomic E-state index is 0.0461. The summed E-state index contributed by atoms with van der Waals surface area (Å²) in [5.74, 6) is -0.193. The highest BCUT2D eigenvalue weighted by atomic mass is 35.5. The van der Waals surface area contributed by atoms with Crippen LogP contribution in [0.25, 0.3) is 0 Å². The smallest absolute Gasteiger partial charge is 0.242 e. The molecule has 0 saturated carbocycles. The third-order valence-corrected chi connectivity index (χ3v) is 3.85. The fourth-order valence-corrected chi connectivity index (χ4v) is 2.37. The molecule has 1 N–H and O–H groups in total. The van der Waals surface area contributed by atoms with Crippen molar-refractivity contribution in [1.29, 1.82) is 0 Å². The summed E-state index contributed by atoms with van der Waals surface area (Å²) in [6.07, 6.45) is 0.313. The molecule has 1 heterocycles. The maximum Gasteiger partial charge on any atom is 0.242 e. The van der Waals surface area contributed by atoms with Gasteiger partial charge >= 0.3 is 0 Å². The molecular formula is C13H14Cl2N2O2. The predicted octanol–water partition coefficient (Wildman–Crippen LogP) is 2.23. The van der Waals surface area contributed by atoms with E-state index in [4.69, 9.17) is 23.2 Å². The second-order valence-electron chi connectivity index (χ2n) is 4.60. The molecule has 0 radical (unpaired) electrons. The molecule has 1 aromatic carbocycles. The van der Waals surface area contributed by atoms with Gasteiger partial charge in [0.2, 0.25) is 11.8 Å². The summed E-state index contributed by atoms with van der Waals surface area (Å²) in [7, 11) is 0. The van der Waals surface area contributed by atoms with Gasteiger partial charge in [0.05, 0.1) is 16.6 Å². The fraction of sp³-hybridized carbons (Fsp3) is 0.385. The van der Waals surface area contributed by atoms with Gasteiger partial charge in [-0.25, -0.2) is 0 Å². The first-order valence-electron chi connectivity index (χ1n) is 5.97. The number of hydrogen-bond donors (Lipinski definition) is 1. The van der Waals surface area contributed by atoms with Crippen molar-refractivity contribution in [2.45, 2.75) is 25.9 Å². The molecule has 1 aliphatic rings. The number of carbonyl (C=O) groups excluding carboxylic acids is 2. The second kappa shape index (κ2) is 5.80. The summed E-state index contributed by atoms with van der Waals surface area (Å²) in [6.45, 7) is 2.33. The molecule has 1 saturated heterocycles. The summed E-state index contributed by atoms with van der Waals surface area (Å²) in [4.78, 5) is 25.1. The largest absolute Gasteiger partial charge is 0.347 e. The Balaban J connectivity index is 2.17. The topological polar surface area (TPSA) is 49.4 Å². The van der Waals surface area contributed by atoms with Crippen LogP contribution in [0.4, 0.5) is 0 Å². The second-order valence-corrected chi connectivity index (χ2v) is 5.41. The van der Waals surface area contributed by atoms with Crippen LogP contribution in [0.3, 0.4) is 0 Å². The highest BCUT2D eigenvalue weighted by molar-refractivity contribution is 6.42. The van der Waals surface area contributed by atoms with Crippen LogP contribution in [-0.2, 0) is 16.1 Å². The number of rotatable bonds is 2. The van der Waals surface area contributed by atoms with Crippen molar-refractivity contribution >= 4 is 35.0 Å². The van der Waals surface area contributed by atoms with E-state index in [9.17, 15) is 9.59 Å². The van der Waals surface area contributed by atoms with Crippen molar-refractivity contribution in [3.05, 3.63) is 33.8 Å². The molecule has 19 heavy (non-hydrogen) atoms. The average Bonchev–Trinajstić information content (AvgIpc) is 2.47. The van der Waals surface area contributed by atoms with Gasteiger partial charge in [-0.15, -0.1) is 0 Å². The first-order valence-corrected chi connectivity index (χ1v) is 6.73. The van der Waals surface area contributed by atoms with Crippen LogP contribution in [0.5, 0.6) is 0 Å². The van der Waals surface area contributed by atoms with Crippen LogP contribution >= 0.6 is 23.2 Å². The number of nitrogens with one attached hydrogen (secondary N) is 1. The zero-order valence-corrected chi connectivity index (χ0v) is 12.0. The standard InChI is InChI=1S/C13H14Cl2N2O2/c1-8-4-12(18)16-6-13(19)17(8)7-9-2-3-10(14)11(15)5-9/h2-3,5,8H,4,6-7H2,1H3,(H,16,18). The Bertz CT molecular complexity index is 519. The Hall–Kier alpha value is -1.26. The van der Waals surface area contributed by atoms with Gasteiger partial charge in [0.25, 0.3) is 0 Å². The average molecular weight is 301 g/mol. The van der Waals surface area contributed by atoms with Crippen LogP contribution in [0.2, 0.25) is 10.0 Å². The first-order chi connectivity index (χ1) is 8.97. The molecule has 102 valence electrons. The highest BCUT2D eigenvalue weighted by Gasteiger charge is 2.26. The molecule has 1 unspecified atom stereocenters. The normalized spacial score (nSPS) is 20.2. The third kappa shape index (κ3) is 3.39. The van der Waals surface area contributed by atoms with Gasteiger partial charge in [-0.1, -0.05) is 29.3 Å². The Morgan fingerprint density at radius 2 is 2.05 bits per heavy atom. The monoisotopic (exact) mass is 300 g/mol. The summed E-state index contributed by atoms with van der Waals surface area (Å²) >= 11 is 11.8. The van der Waals surface area contributed by atoms with Crippen LogP contribution in [0.1, 0.15) is 18.9 Å². The van der Waals surface area contributed by atoms with Gasteiger partial charge in [0, 0.05) is 19.0 Å². The van der Waals surface area contributed by atoms with E-state index in [1.165, 1.54) is 0 Å². The maximum atomic E-state index is 12.0. The van der Waals surface area contributed by atoms with Gasteiger partial charge in [0.1, 0.15) is 0 Å². The minimum atomic E-state index is -0.135. The Morgan fingerprint density at radius 1 is 1.32 bits per heavy atom. The van der Waals surface area contributed by atoms with Crippen molar-refractivity contribution in [2.75, 3.05) is 6.54 Å². The molecule has 1 aromatic rings. The lowest BCUT2D eigenvalue weighted by Gasteiger charge is -2.26. The first kappa shape index (κ1) is 14.2. The molecule has 2 amide bonds. The predicted molar refractivity (Wildman–Crippen MR) is 74.1 cm³/mol. The van der Waals surface area contributed by atoms with Gasteiger partial charge in [0.15, 0.2) is 0 Å². The van der Waals surface area contributed by atoms with Gasteiger partial charge < -0.3 is 10.2 Å². The van der Waals surface area contributed by atoms with E-state index >= 15 is 0 Å². The molecule has 4 nitrogen and oxygen atoms in total.